The third kappa shape index (κ3) is 4.25. The van der Waals surface area contributed by atoms with E-state index in [4.69, 9.17) is 11.6 Å². The van der Waals surface area contributed by atoms with Crippen LogP contribution in [0.25, 0.3) is 10.6 Å². The average Bonchev–Trinajstić information content (AvgIpc) is 3.31. The maximum Gasteiger partial charge on any atom is 0.261 e. The number of amides is 1. The molecule has 142 valence electrons. The highest BCUT2D eigenvalue weighted by Crippen LogP contribution is 2.32. The molecule has 1 aromatic carbocycles. The molecule has 0 atom stereocenters. The summed E-state index contributed by atoms with van der Waals surface area (Å²) < 4.78 is 15.2. The Bertz CT molecular complexity index is 1050. The van der Waals surface area contributed by atoms with Crippen LogP contribution in [0.2, 0.25) is 5.02 Å². The summed E-state index contributed by atoms with van der Waals surface area (Å²) >= 11 is 8.70. The van der Waals surface area contributed by atoms with Crippen molar-refractivity contribution in [3.05, 3.63) is 57.7 Å². The molecule has 0 spiro atoms. The second-order valence-corrected chi connectivity index (χ2v) is 7.56. The Hall–Kier alpha value is -2.67. The summed E-state index contributed by atoms with van der Waals surface area (Å²) in [4.78, 5) is 13.1. The molecule has 6 nitrogen and oxygen atoms in total. The third-order valence-corrected chi connectivity index (χ3v) is 5.65. The van der Waals surface area contributed by atoms with Crippen LogP contribution >= 0.6 is 34.7 Å². The van der Waals surface area contributed by atoms with E-state index in [1.54, 1.807) is 0 Å². The zero-order chi connectivity index (χ0) is 20.1. The minimum atomic E-state index is -0.540. The number of thiophene rings is 1. The van der Waals surface area contributed by atoms with Crippen molar-refractivity contribution < 1.29 is 9.18 Å². The minimum absolute atomic E-state index is 0.0834. The fourth-order valence-electron chi connectivity index (χ4n) is 2.42. The molecular weight excluding hydrogens is 421 g/mol. The number of rotatable bonds is 6. The van der Waals surface area contributed by atoms with E-state index in [-0.39, 0.29) is 17.1 Å². The standard InChI is InChI=1S/C18H13ClFN5OS2/c1-27-18-11(8-21)17(15-6-3-7-28-15)24-25(18)10-16(26)23-22-9-12-13(19)4-2-5-14(12)20/h2-7,9H,10H2,1H3,(H,23,26)/b22-9-. The first kappa shape index (κ1) is 20.1. The number of halogens is 2. The second kappa shape index (κ2) is 9.01. The summed E-state index contributed by atoms with van der Waals surface area (Å²) in [6.45, 7) is -0.140. The van der Waals surface area contributed by atoms with Crippen LogP contribution in [-0.2, 0) is 11.3 Å². The van der Waals surface area contributed by atoms with Crippen molar-refractivity contribution in [2.24, 2.45) is 5.10 Å². The average molecular weight is 434 g/mol. The van der Waals surface area contributed by atoms with Gasteiger partial charge in [0.15, 0.2) is 0 Å². The van der Waals surface area contributed by atoms with Gasteiger partial charge in [-0.25, -0.2) is 14.5 Å². The molecule has 0 saturated carbocycles. The fourth-order valence-corrected chi connectivity index (χ4v) is 4.01. The summed E-state index contributed by atoms with van der Waals surface area (Å²) in [5, 5.41) is 20.4. The Morgan fingerprint density at radius 1 is 1.50 bits per heavy atom. The summed E-state index contributed by atoms with van der Waals surface area (Å²) in [6.07, 6.45) is 2.95. The normalized spacial score (nSPS) is 10.9. The third-order valence-electron chi connectivity index (χ3n) is 3.64. The zero-order valence-corrected chi connectivity index (χ0v) is 16.9. The molecule has 0 aliphatic heterocycles. The number of benzene rings is 1. The van der Waals surface area contributed by atoms with Gasteiger partial charge in [-0.15, -0.1) is 23.1 Å². The van der Waals surface area contributed by atoms with Crippen LogP contribution in [0, 0.1) is 17.1 Å². The van der Waals surface area contributed by atoms with Crippen LogP contribution in [0.3, 0.4) is 0 Å². The van der Waals surface area contributed by atoms with E-state index < -0.39 is 11.7 Å². The molecule has 3 rings (SSSR count). The molecular formula is C18H13ClFN5OS2. The highest BCUT2D eigenvalue weighted by molar-refractivity contribution is 7.98. The number of carbonyl (C=O) groups excluding carboxylic acids is 1. The van der Waals surface area contributed by atoms with Crippen LogP contribution in [0.5, 0.6) is 0 Å². The number of carbonyl (C=O) groups is 1. The largest absolute Gasteiger partial charge is 0.271 e. The first-order valence-electron chi connectivity index (χ1n) is 7.89. The minimum Gasteiger partial charge on any atom is -0.271 e. The number of nitrogens with zero attached hydrogens (tertiary/aromatic N) is 4. The van der Waals surface area contributed by atoms with Gasteiger partial charge in [0, 0.05) is 5.56 Å². The highest BCUT2D eigenvalue weighted by atomic mass is 35.5. The van der Waals surface area contributed by atoms with Gasteiger partial charge in [0.2, 0.25) is 0 Å². The molecule has 0 fully saturated rings. The molecule has 0 bridgehead atoms. The Morgan fingerprint density at radius 3 is 2.96 bits per heavy atom. The predicted molar refractivity (Wildman–Crippen MR) is 109 cm³/mol. The lowest BCUT2D eigenvalue weighted by Gasteiger charge is -2.04. The van der Waals surface area contributed by atoms with Gasteiger partial charge in [-0.3, -0.25) is 4.79 Å². The van der Waals surface area contributed by atoms with E-state index in [1.165, 1.54) is 46.0 Å². The smallest absolute Gasteiger partial charge is 0.261 e. The lowest BCUT2D eigenvalue weighted by molar-refractivity contribution is -0.121. The fraction of sp³-hybridized carbons (Fsp3) is 0.111. The van der Waals surface area contributed by atoms with Crippen molar-refractivity contribution in [1.82, 2.24) is 15.2 Å². The van der Waals surface area contributed by atoms with Crippen molar-refractivity contribution in [2.45, 2.75) is 11.6 Å². The number of nitrogens with one attached hydrogen (secondary N) is 1. The molecule has 1 amide bonds. The van der Waals surface area contributed by atoms with Gasteiger partial charge in [0.25, 0.3) is 5.91 Å². The molecule has 0 saturated heterocycles. The quantitative estimate of drug-likeness (QED) is 0.359. The molecule has 1 N–H and O–H groups in total. The number of nitriles is 1. The van der Waals surface area contributed by atoms with E-state index in [1.807, 2.05) is 23.8 Å². The van der Waals surface area contributed by atoms with Crippen molar-refractivity contribution in [1.29, 1.82) is 5.26 Å². The molecule has 0 aliphatic rings. The maximum absolute atomic E-state index is 13.7. The summed E-state index contributed by atoms with van der Waals surface area (Å²) in [6, 6.07) is 10.1. The lowest BCUT2D eigenvalue weighted by atomic mass is 10.2. The van der Waals surface area contributed by atoms with E-state index in [9.17, 15) is 14.4 Å². The summed E-state index contributed by atoms with van der Waals surface area (Å²) in [5.41, 5.74) is 3.36. The molecule has 0 radical (unpaired) electrons. The van der Waals surface area contributed by atoms with Crippen molar-refractivity contribution in [3.63, 3.8) is 0 Å². The van der Waals surface area contributed by atoms with Crippen LogP contribution < -0.4 is 5.43 Å². The number of hydrazone groups is 1. The van der Waals surface area contributed by atoms with Gasteiger partial charge in [-0.05, 0) is 29.8 Å². The van der Waals surface area contributed by atoms with Crippen LogP contribution in [0.1, 0.15) is 11.1 Å². The number of aromatic nitrogens is 2. The molecule has 28 heavy (non-hydrogen) atoms. The Morgan fingerprint density at radius 2 is 2.32 bits per heavy atom. The number of hydrogen-bond donors (Lipinski definition) is 1. The van der Waals surface area contributed by atoms with Crippen LogP contribution in [0.15, 0.2) is 45.8 Å². The zero-order valence-electron chi connectivity index (χ0n) is 14.5. The molecule has 2 aromatic heterocycles. The molecule has 3 aromatic rings. The number of thioether (sulfide) groups is 1. The first-order valence-corrected chi connectivity index (χ1v) is 10.4. The van der Waals surface area contributed by atoms with Crippen molar-refractivity contribution >= 4 is 46.8 Å². The maximum atomic E-state index is 13.7. The van der Waals surface area contributed by atoms with E-state index in [0.29, 0.717) is 16.3 Å². The predicted octanol–water partition coefficient (Wildman–Crippen LogP) is 4.15. The van der Waals surface area contributed by atoms with E-state index in [2.05, 4.69) is 21.7 Å². The van der Waals surface area contributed by atoms with Gasteiger partial charge < -0.3 is 0 Å². The van der Waals surface area contributed by atoms with E-state index in [0.717, 1.165) is 11.1 Å². The van der Waals surface area contributed by atoms with Crippen LogP contribution in [-0.4, -0.2) is 28.2 Å². The van der Waals surface area contributed by atoms with Gasteiger partial charge >= 0.3 is 0 Å². The van der Waals surface area contributed by atoms with Gasteiger partial charge in [-0.1, -0.05) is 23.7 Å². The Balaban J connectivity index is 1.77. The summed E-state index contributed by atoms with van der Waals surface area (Å²) in [5.74, 6) is -1.01. The SMILES string of the molecule is CSc1c(C#N)c(-c2cccs2)nn1CC(=O)N/N=C\c1c(F)cccc1Cl. The van der Waals surface area contributed by atoms with Gasteiger partial charge in [0.1, 0.15) is 34.7 Å². The topological polar surface area (TPSA) is 83.1 Å². The Kier molecular flexibility index (Phi) is 6.46. The summed E-state index contributed by atoms with van der Waals surface area (Å²) in [7, 11) is 0. The first-order chi connectivity index (χ1) is 13.5. The molecule has 0 aliphatic carbocycles. The molecule has 2 heterocycles. The van der Waals surface area contributed by atoms with Crippen molar-refractivity contribution in [2.75, 3.05) is 6.26 Å². The highest BCUT2D eigenvalue weighted by Gasteiger charge is 2.20. The monoisotopic (exact) mass is 433 g/mol. The molecule has 0 unspecified atom stereocenters. The second-order valence-electron chi connectivity index (χ2n) is 5.41. The number of hydrogen-bond acceptors (Lipinski definition) is 6. The van der Waals surface area contributed by atoms with Crippen molar-refractivity contribution in [3.8, 4) is 16.6 Å². The van der Waals surface area contributed by atoms with Gasteiger partial charge in [0.05, 0.1) is 16.1 Å². The van der Waals surface area contributed by atoms with Gasteiger partial charge in [-0.2, -0.15) is 15.5 Å². The van der Waals surface area contributed by atoms with Crippen LogP contribution in [0.4, 0.5) is 4.39 Å². The molecule has 10 heteroatoms. The van der Waals surface area contributed by atoms with E-state index >= 15 is 0 Å². The Labute approximate surface area is 173 Å². The lowest BCUT2D eigenvalue weighted by Crippen LogP contribution is -2.24.